The maximum absolute atomic E-state index is 5.41. The zero-order chi connectivity index (χ0) is 13.8. The predicted octanol–water partition coefficient (Wildman–Crippen LogP) is 4.40. The third kappa shape index (κ3) is 3.51. The number of benzene rings is 2. The Morgan fingerprint density at radius 1 is 1.16 bits per heavy atom. The molecule has 3 heteroatoms. The van der Waals surface area contributed by atoms with E-state index in [0.29, 0.717) is 0 Å². The fourth-order valence-corrected chi connectivity index (χ4v) is 2.49. The molecule has 0 spiro atoms. The molecule has 2 aromatic rings. The van der Waals surface area contributed by atoms with Crippen LogP contribution in [0.15, 0.2) is 46.9 Å². The highest BCUT2D eigenvalue weighted by molar-refractivity contribution is 9.10. The lowest BCUT2D eigenvalue weighted by Crippen LogP contribution is -2.17. The molecule has 2 aromatic carbocycles. The number of aryl methyl sites for hydroxylation is 1. The summed E-state index contributed by atoms with van der Waals surface area (Å²) in [4.78, 5) is 2.22. The number of halogens is 1. The van der Waals surface area contributed by atoms with E-state index in [-0.39, 0.29) is 0 Å². The van der Waals surface area contributed by atoms with Gasteiger partial charge in [0.15, 0.2) is 0 Å². The van der Waals surface area contributed by atoms with Gasteiger partial charge in [-0.25, -0.2) is 0 Å². The quantitative estimate of drug-likeness (QED) is 0.828. The van der Waals surface area contributed by atoms with Gasteiger partial charge in [-0.05, 0) is 42.8 Å². The van der Waals surface area contributed by atoms with Gasteiger partial charge in [-0.15, -0.1) is 0 Å². The molecular formula is C16H18BrNO. The number of anilines is 1. The van der Waals surface area contributed by atoms with Crippen LogP contribution in [0.25, 0.3) is 0 Å². The number of methoxy groups -OCH3 is 1. The summed E-state index contributed by atoms with van der Waals surface area (Å²) in [5.41, 5.74) is 3.65. The molecule has 0 saturated heterocycles. The largest absolute Gasteiger partial charge is 0.496 e. The lowest BCUT2D eigenvalue weighted by molar-refractivity contribution is 0.409. The van der Waals surface area contributed by atoms with Gasteiger partial charge in [0.2, 0.25) is 0 Å². The van der Waals surface area contributed by atoms with Crippen molar-refractivity contribution in [2.45, 2.75) is 13.5 Å². The summed E-state index contributed by atoms with van der Waals surface area (Å²) < 4.78 is 6.48. The van der Waals surface area contributed by atoms with Gasteiger partial charge in [-0.1, -0.05) is 28.1 Å². The molecule has 0 saturated carbocycles. The highest BCUT2D eigenvalue weighted by Gasteiger charge is 2.08. The van der Waals surface area contributed by atoms with Crippen LogP contribution in [-0.2, 0) is 6.54 Å². The Kier molecular flexibility index (Phi) is 4.48. The molecule has 0 heterocycles. The smallest absolute Gasteiger partial charge is 0.123 e. The first-order valence-corrected chi connectivity index (χ1v) is 6.99. The molecule has 0 N–H and O–H groups in total. The van der Waals surface area contributed by atoms with E-state index >= 15 is 0 Å². The second kappa shape index (κ2) is 6.11. The molecule has 2 rings (SSSR count). The molecule has 2 nitrogen and oxygen atoms in total. The topological polar surface area (TPSA) is 12.5 Å². The fraction of sp³-hybridized carbons (Fsp3) is 0.250. The van der Waals surface area contributed by atoms with Crippen LogP contribution in [-0.4, -0.2) is 14.2 Å². The van der Waals surface area contributed by atoms with Crippen LogP contribution in [0.3, 0.4) is 0 Å². The standard InChI is InChI=1S/C16H18BrNO/c1-12-5-4-6-15(9-12)18(2)11-13-10-14(17)7-8-16(13)19-3/h4-10H,11H2,1-3H3. The summed E-state index contributed by atoms with van der Waals surface area (Å²) >= 11 is 3.51. The van der Waals surface area contributed by atoms with Crippen LogP contribution in [0.4, 0.5) is 5.69 Å². The summed E-state index contributed by atoms with van der Waals surface area (Å²) in [5.74, 6) is 0.919. The van der Waals surface area contributed by atoms with Crippen molar-refractivity contribution in [1.29, 1.82) is 0 Å². The van der Waals surface area contributed by atoms with Gasteiger partial charge in [0, 0.05) is 29.3 Å². The van der Waals surface area contributed by atoms with E-state index in [2.05, 4.69) is 65.1 Å². The van der Waals surface area contributed by atoms with E-state index in [0.717, 1.165) is 16.8 Å². The number of hydrogen-bond acceptors (Lipinski definition) is 2. The van der Waals surface area contributed by atoms with E-state index in [4.69, 9.17) is 4.74 Å². The summed E-state index contributed by atoms with van der Waals surface area (Å²) in [7, 11) is 3.80. The fourth-order valence-electron chi connectivity index (χ4n) is 2.08. The molecule has 0 unspecified atom stereocenters. The Bertz CT molecular complexity index is 568. The first-order valence-electron chi connectivity index (χ1n) is 6.20. The lowest BCUT2D eigenvalue weighted by atomic mass is 10.1. The minimum Gasteiger partial charge on any atom is -0.496 e. The molecule has 0 radical (unpaired) electrons. The van der Waals surface area contributed by atoms with Crippen molar-refractivity contribution in [3.05, 3.63) is 58.1 Å². The van der Waals surface area contributed by atoms with Crippen molar-refractivity contribution in [3.63, 3.8) is 0 Å². The Morgan fingerprint density at radius 3 is 2.63 bits per heavy atom. The monoisotopic (exact) mass is 319 g/mol. The van der Waals surface area contributed by atoms with Crippen LogP contribution in [0.2, 0.25) is 0 Å². The SMILES string of the molecule is COc1ccc(Br)cc1CN(C)c1cccc(C)c1. The molecule has 0 atom stereocenters. The molecule has 0 bridgehead atoms. The molecule has 0 amide bonds. The minimum absolute atomic E-state index is 0.812. The highest BCUT2D eigenvalue weighted by atomic mass is 79.9. The molecule has 0 aliphatic rings. The predicted molar refractivity (Wildman–Crippen MR) is 84.0 cm³/mol. The summed E-state index contributed by atoms with van der Waals surface area (Å²) in [6.45, 7) is 2.92. The van der Waals surface area contributed by atoms with E-state index in [1.807, 2.05) is 12.1 Å². The Morgan fingerprint density at radius 2 is 1.95 bits per heavy atom. The van der Waals surface area contributed by atoms with Crippen molar-refractivity contribution in [2.75, 3.05) is 19.1 Å². The van der Waals surface area contributed by atoms with Crippen LogP contribution >= 0.6 is 15.9 Å². The molecule has 0 aromatic heterocycles. The van der Waals surface area contributed by atoms with Gasteiger partial charge in [-0.3, -0.25) is 0 Å². The zero-order valence-electron chi connectivity index (χ0n) is 11.5. The highest BCUT2D eigenvalue weighted by Crippen LogP contribution is 2.26. The number of nitrogens with zero attached hydrogens (tertiary/aromatic N) is 1. The Hall–Kier alpha value is -1.48. The van der Waals surface area contributed by atoms with Crippen molar-refractivity contribution in [2.24, 2.45) is 0 Å². The van der Waals surface area contributed by atoms with Crippen LogP contribution < -0.4 is 9.64 Å². The summed E-state index contributed by atoms with van der Waals surface area (Å²) in [5, 5.41) is 0. The second-order valence-corrected chi connectivity index (χ2v) is 5.57. The lowest BCUT2D eigenvalue weighted by Gasteiger charge is -2.21. The average molecular weight is 320 g/mol. The Balaban J connectivity index is 2.23. The van der Waals surface area contributed by atoms with Crippen molar-refractivity contribution in [3.8, 4) is 5.75 Å². The molecule has 19 heavy (non-hydrogen) atoms. The van der Waals surface area contributed by atoms with E-state index in [9.17, 15) is 0 Å². The van der Waals surface area contributed by atoms with Crippen molar-refractivity contribution < 1.29 is 4.74 Å². The first kappa shape index (κ1) is 13.9. The van der Waals surface area contributed by atoms with E-state index < -0.39 is 0 Å². The van der Waals surface area contributed by atoms with E-state index in [1.165, 1.54) is 16.8 Å². The maximum atomic E-state index is 5.41. The third-order valence-corrected chi connectivity index (χ3v) is 3.59. The van der Waals surface area contributed by atoms with Gasteiger partial charge in [0.25, 0.3) is 0 Å². The molecular weight excluding hydrogens is 302 g/mol. The number of rotatable bonds is 4. The van der Waals surface area contributed by atoms with Crippen molar-refractivity contribution >= 4 is 21.6 Å². The minimum atomic E-state index is 0.812. The summed E-state index contributed by atoms with van der Waals surface area (Å²) in [6, 6.07) is 14.6. The van der Waals surface area contributed by atoms with Gasteiger partial charge in [-0.2, -0.15) is 0 Å². The van der Waals surface area contributed by atoms with Gasteiger partial charge in [0.1, 0.15) is 5.75 Å². The first-order chi connectivity index (χ1) is 9.10. The van der Waals surface area contributed by atoms with Crippen LogP contribution in [0, 0.1) is 6.92 Å². The second-order valence-electron chi connectivity index (χ2n) is 4.65. The van der Waals surface area contributed by atoms with Gasteiger partial charge >= 0.3 is 0 Å². The Labute approximate surface area is 123 Å². The van der Waals surface area contributed by atoms with Crippen molar-refractivity contribution in [1.82, 2.24) is 0 Å². The average Bonchev–Trinajstić information content (AvgIpc) is 2.39. The normalized spacial score (nSPS) is 10.3. The number of ether oxygens (including phenoxy) is 1. The molecule has 0 aliphatic carbocycles. The molecule has 0 aliphatic heterocycles. The summed E-state index contributed by atoms with van der Waals surface area (Å²) in [6.07, 6.45) is 0. The maximum Gasteiger partial charge on any atom is 0.123 e. The van der Waals surface area contributed by atoms with Crippen LogP contribution in [0.5, 0.6) is 5.75 Å². The number of hydrogen-bond donors (Lipinski definition) is 0. The zero-order valence-corrected chi connectivity index (χ0v) is 13.1. The van der Waals surface area contributed by atoms with Crippen LogP contribution in [0.1, 0.15) is 11.1 Å². The van der Waals surface area contributed by atoms with E-state index in [1.54, 1.807) is 7.11 Å². The molecule has 100 valence electrons. The third-order valence-electron chi connectivity index (χ3n) is 3.09. The molecule has 0 fully saturated rings. The van der Waals surface area contributed by atoms with Gasteiger partial charge < -0.3 is 9.64 Å². The van der Waals surface area contributed by atoms with Gasteiger partial charge in [0.05, 0.1) is 7.11 Å².